The fraction of sp³-hybridized carbons (Fsp3) is 0.364. The molecule has 5 heteroatoms. The average molecular weight is 367 g/mol. The van der Waals surface area contributed by atoms with Gasteiger partial charge in [0.05, 0.1) is 12.0 Å². The van der Waals surface area contributed by atoms with Crippen LogP contribution < -0.4 is 9.64 Å². The van der Waals surface area contributed by atoms with Crippen LogP contribution in [0.3, 0.4) is 0 Å². The number of benzene rings is 2. The Hall–Kier alpha value is -2.82. The standard InChI is InChI=1S/C22H29N3O2/c1-7-25(6)15-23-21-12-16(2)20(11-17(21)3)22(26)14-27-19-10-8-9-18(13-19)24(4)5/h8-13,15H,7,14H2,1-6H3. The van der Waals surface area contributed by atoms with E-state index in [2.05, 4.69) is 11.9 Å². The molecule has 0 aromatic heterocycles. The lowest BCUT2D eigenvalue weighted by molar-refractivity contribution is 0.0921. The van der Waals surface area contributed by atoms with E-state index < -0.39 is 0 Å². The highest BCUT2D eigenvalue weighted by molar-refractivity contribution is 5.99. The second kappa shape index (κ2) is 9.21. The number of aryl methyl sites for hydroxylation is 2. The molecule has 0 atom stereocenters. The van der Waals surface area contributed by atoms with Gasteiger partial charge in [-0.05, 0) is 56.2 Å². The number of carbonyl (C=O) groups is 1. The van der Waals surface area contributed by atoms with Gasteiger partial charge in [0.25, 0.3) is 0 Å². The normalized spacial score (nSPS) is 10.9. The van der Waals surface area contributed by atoms with Crippen molar-refractivity contribution in [2.24, 2.45) is 4.99 Å². The van der Waals surface area contributed by atoms with E-state index in [1.54, 1.807) is 0 Å². The smallest absolute Gasteiger partial charge is 0.200 e. The summed E-state index contributed by atoms with van der Waals surface area (Å²) in [4.78, 5) is 21.2. The molecule has 2 aromatic rings. The van der Waals surface area contributed by atoms with Crippen LogP contribution in [0.15, 0.2) is 41.4 Å². The van der Waals surface area contributed by atoms with Gasteiger partial charge in [0, 0.05) is 45.0 Å². The van der Waals surface area contributed by atoms with Crippen LogP contribution in [0.1, 0.15) is 28.4 Å². The maximum absolute atomic E-state index is 12.7. The Morgan fingerprint density at radius 1 is 1.11 bits per heavy atom. The summed E-state index contributed by atoms with van der Waals surface area (Å²) >= 11 is 0. The van der Waals surface area contributed by atoms with E-state index in [1.165, 1.54) is 0 Å². The van der Waals surface area contributed by atoms with Crippen LogP contribution in [0, 0.1) is 13.8 Å². The molecule has 0 aliphatic carbocycles. The minimum absolute atomic E-state index is 0.0123. The quantitative estimate of drug-likeness (QED) is 0.398. The Kier molecular flexibility index (Phi) is 6.99. The lowest BCUT2D eigenvalue weighted by Crippen LogP contribution is -2.15. The third-order valence-corrected chi connectivity index (χ3v) is 4.44. The van der Waals surface area contributed by atoms with E-state index in [9.17, 15) is 4.79 Å². The number of ether oxygens (including phenoxy) is 1. The Labute approximate surface area is 162 Å². The maximum atomic E-state index is 12.7. The van der Waals surface area contributed by atoms with Crippen LogP contribution in [0.4, 0.5) is 11.4 Å². The van der Waals surface area contributed by atoms with Gasteiger partial charge in [0.2, 0.25) is 0 Å². The second-order valence-corrected chi connectivity index (χ2v) is 6.88. The lowest BCUT2D eigenvalue weighted by atomic mass is 10.0. The molecule has 0 N–H and O–H groups in total. The van der Waals surface area contributed by atoms with Gasteiger partial charge in [-0.25, -0.2) is 4.99 Å². The maximum Gasteiger partial charge on any atom is 0.200 e. The van der Waals surface area contributed by atoms with Crippen LogP contribution in [-0.2, 0) is 0 Å². The minimum Gasteiger partial charge on any atom is -0.485 e. The van der Waals surface area contributed by atoms with Crippen LogP contribution in [0.25, 0.3) is 0 Å². The molecular weight excluding hydrogens is 338 g/mol. The summed E-state index contributed by atoms with van der Waals surface area (Å²) in [6, 6.07) is 11.6. The number of hydrogen-bond donors (Lipinski definition) is 0. The molecule has 0 aliphatic rings. The van der Waals surface area contributed by atoms with E-state index in [1.807, 2.05) is 87.5 Å². The van der Waals surface area contributed by atoms with Crippen molar-refractivity contribution in [2.75, 3.05) is 39.2 Å². The summed E-state index contributed by atoms with van der Waals surface area (Å²) < 4.78 is 5.72. The molecule has 0 aliphatic heterocycles. The first kappa shape index (κ1) is 20.5. The van der Waals surface area contributed by atoms with Crippen molar-refractivity contribution in [3.63, 3.8) is 0 Å². The molecule has 0 amide bonds. The third-order valence-electron chi connectivity index (χ3n) is 4.44. The third kappa shape index (κ3) is 5.58. The summed E-state index contributed by atoms with van der Waals surface area (Å²) in [6.07, 6.45) is 1.81. The molecule has 0 bridgehead atoms. The fourth-order valence-corrected chi connectivity index (χ4v) is 2.56. The van der Waals surface area contributed by atoms with Crippen molar-refractivity contribution in [1.82, 2.24) is 4.90 Å². The topological polar surface area (TPSA) is 45.1 Å². The van der Waals surface area contributed by atoms with Crippen molar-refractivity contribution >= 4 is 23.5 Å². The Balaban J connectivity index is 2.11. The SMILES string of the molecule is CCN(C)C=Nc1cc(C)c(C(=O)COc2cccc(N(C)C)c2)cc1C. The van der Waals surface area contributed by atoms with E-state index in [4.69, 9.17) is 4.74 Å². The van der Waals surface area contributed by atoms with Crippen LogP contribution in [-0.4, -0.2) is 51.3 Å². The molecule has 0 saturated carbocycles. The molecule has 144 valence electrons. The van der Waals surface area contributed by atoms with Gasteiger partial charge in [0.15, 0.2) is 12.4 Å². The largest absolute Gasteiger partial charge is 0.485 e. The predicted molar refractivity (Wildman–Crippen MR) is 113 cm³/mol. The van der Waals surface area contributed by atoms with Crippen molar-refractivity contribution in [3.05, 3.63) is 53.1 Å². The highest BCUT2D eigenvalue weighted by atomic mass is 16.5. The van der Waals surface area contributed by atoms with Crippen LogP contribution >= 0.6 is 0 Å². The van der Waals surface area contributed by atoms with Crippen LogP contribution in [0.2, 0.25) is 0 Å². The molecule has 0 saturated heterocycles. The van der Waals surface area contributed by atoms with Crippen molar-refractivity contribution in [2.45, 2.75) is 20.8 Å². The first-order valence-electron chi connectivity index (χ1n) is 9.11. The van der Waals surface area contributed by atoms with Gasteiger partial charge in [0.1, 0.15) is 5.75 Å². The Morgan fingerprint density at radius 3 is 2.52 bits per heavy atom. The van der Waals surface area contributed by atoms with Crippen molar-refractivity contribution < 1.29 is 9.53 Å². The Bertz CT molecular complexity index is 828. The number of rotatable bonds is 8. The zero-order chi connectivity index (χ0) is 20.0. The van der Waals surface area contributed by atoms with Gasteiger partial charge in [-0.2, -0.15) is 0 Å². The minimum atomic E-state index is -0.0351. The zero-order valence-electron chi connectivity index (χ0n) is 17.1. The van der Waals surface area contributed by atoms with E-state index >= 15 is 0 Å². The summed E-state index contributed by atoms with van der Waals surface area (Å²) in [6.45, 7) is 6.88. The lowest BCUT2D eigenvalue weighted by Gasteiger charge is -2.14. The van der Waals surface area contributed by atoms with Gasteiger partial charge in [-0.3, -0.25) is 4.79 Å². The van der Waals surface area contributed by atoms with E-state index in [0.717, 1.165) is 29.0 Å². The number of Topliss-reactive ketones (excluding diaryl/α,β-unsaturated/α-hetero) is 1. The molecule has 0 fully saturated rings. The highest BCUT2D eigenvalue weighted by Crippen LogP contribution is 2.24. The fourth-order valence-electron chi connectivity index (χ4n) is 2.56. The highest BCUT2D eigenvalue weighted by Gasteiger charge is 2.13. The van der Waals surface area contributed by atoms with E-state index in [0.29, 0.717) is 11.3 Å². The number of nitrogens with zero attached hydrogens (tertiary/aromatic N) is 3. The molecule has 2 rings (SSSR count). The molecule has 0 unspecified atom stereocenters. The first-order chi connectivity index (χ1) is 12.8. The number of hydrogen-bond acceptors (Lipinski definition) is 4. The number of ketones is 1. The van der Waals surface area contributed by atoms with Gasteiger partial charge in [-0.1, -0.05) is 6.07 Å². The molecule has 2 aromatic carbocycles. The van der Waals surface area contributed by atoms with Crippen LogP contribution in [0.5, 0.6) is 5.75 Å². The summed E-state index contributed by atoms with van der Waals surface area (Å²) in [5.41, 5.74) is 4.47. The average Bonchev–Trinajstić information content (AvgIpc) is 2.66. The molecular formula is C22H29N3O2. The first-order valence-corrected chi connectivity index (χ1v) is 9.11. The molecule has 5 nitrogen and oxygen atoms in total. The predicted octanol–water partition coefficient (Wildman–Crippen LogP) is 4.24. The summed E-state index contributed by atoms with van der Waals surface area (Å²) in [5.74, 6) is 0.653. The molecule has 27 heavy (non-hydrogen) atoms. The molecule has 0 heterocycles. The Morgan fingerprint density at radius 2 is 1.85 bits per heavy atom. The van der Waals surface area contributed by atoms with E-state index in [-0.39, 0.29) is 12.4 Å². The molecule has 0 radical (unpaired) electrons. The van der Waals surface area contributed by atoms with Crippen molar-refractivity contribution in [1.29, 1.82) is 0 Å². The monoisotopic (exact) mass is 367 g/mol. The summed E-state index contributed by atoms with van der Waals surface area (Å²) in [5, 5.41) is 0. The molecule has 0 spiro atoms. The summed E-state index contributed by atoms with van der Waals surface area (Å²) in [7, 11) is 5.92. The number of carbonyl (C=O) groups excluding carboxylic acids is 1. The number of anilines is 1. The number of aliphatic imine (C=N–C) groups is 1. The van der Waals surface area contributed by atoms with Gasteiger partial charge < -0.3 is 14.5 Å². The van der Waals surface area contributed by atoms with Gasteiger partial charge in [-0.15, -0.1) is 0 Å². The van der Waals surface area contributed by atoms with Gasteiger partial charge >= 0.3 is 0 Å². The second-order valence-electron chi connectivity index (χ2n) is 6.88. The zero-order valence-corrected chi connectivity index (χ0v) is 17.1. The van der Waals surface area contributed by atoms with Crippen molar-refractivity contribution in [3.8, 4) is 5.75 Å².